The van der Waals surface area contributed by atoms with Crippen molar-refractivity contribution < 1.29 is 28.6 Å². The lowest BCUT2D eigenvalue weighted by molar-refractivity contribution is -0.136. The van der Waals surface area contributed by atoms with Crippen molar-refractivity contribution in [3.63, 3.8) is 0 Å². The summed E-state index contributed by atoms with van der Waals surface area (Å²) in [6.07, 6.45) is 3.16. The highest BCUT2D eigenvalue weighted by atomic mass is 16.5. The zero-order valence-electron chi connectivity index (χ0n) is 21.6. The second kappa shape index (κ2) is 12.0. The Balaban J connectivity index is 1.54. The number of amides is 3. The normalized spacial score (nSPS) is 17.5. The SMILES string of the molecule is COCC(C)Oc1cc(NC(=O)N2CCCc3cc(CN4CCC(OC)C4=O)c(C=O)nc32)ncc1C#N. The van der Waals surface area contributed by atoms with Gasteiger partial charge in [-0.2, -0.15) is 5.26 Å². The number of carbonyl (C=O) groups excluding carboxylic acids is 3. The molecule has 1 fully saturated rings. The van der Waals surface area contributed by atoms with Crippen molar-refractivity contribution in [3.05, 3.63) is 40.7 Å². The van der Waals surface area contributed by atoms with Gasteiger partial charge in [-0.15, -0.1) is 0 Å². The number of nitriles is 1. The van der Waals surface area contributed by atoms with Gasteiger partial charge < -0.3 is 19.1 Å². The molecule has 12 heteroatoms. The van der Waals surface area contributed by atoms with Crippen LogP contribution in [0.15, 0.2) is 18.3 Å². The number of aromatic nitrogens is 2. The van der Waals surface area contributed by atoms with Gasteiger partial charge in [-0.1, -0.05) is 0 Å². The molecule has 38 heavy (non-hydrogen) atoms. The number of likely N-dealkylation sites (tertiary alicyclic amines) is 1. The van der Waals surface area contributed by atoms with Crippen molar-refractivity contribution in [2.75, 3.05) is 44.1 Å². The molecule has 2 aromatic rings. The molecule has 2 unspecified atom stereocenters. The molecule has 4 rings (SSSR count). The monoisotopic (exact) mass is 522 g/mol. The van der Waals surface area contributed by atoms with E-state index in [0.717, 1.165) is 5.56 Å². The Labute approximate surface area is 220 Å². The van der Waals surface area contributed by atoms with Crippen LogP contribution in [0.4, 0.5) is 16.4 Å². The lowest BCUT2D eigenvalue weighted by atomic mass is 10.0. The summed E-state index contributed by atoms with van der Waals surface area (Å²) in [5.41, 5.74) is 1.85. The number of pyridine rings is 2. The third-order valence-electron chi connectivity index (χ3n) is 6.48. The number of carbonyl (C=O) groups is 3. The number of fused-ring (bicyclic) bond motifs is 1. The molecule has 4 heterocycles. The van der Waals surface area contributed by atoms with E-state index in [4.69, 9.17) is 14.2 Å². The minimum atomic E-state index is -0.478. The molecule has 0 aliphatic carbocycles. The molecule has 1 saturated heterocycles. The van der Waals surface area contributed by atoms with Gasteiger partial charge in [0.15, 0.2) is 6.29 Å². The summed E-state index contributed by atoms with van der Waals surface area (Å²) in [6, 6.07) is 4.88. The molecule has 12 nitrogen and oxygen atoms in total. The molecular formula is C26H30N6O6. The average Bonchev–Trinajstić information content (AvgIpc) is 3.26. The molecular weight excluding hydrogens is 492 g/mol. The van der Waals surface area contributed by atoms with E-state index in [2.05, 4.69) is 15.3 Å². The zero-order valence-corrected chi connectivity index (χ0v) is 21.6. The molecule has 0 radical (unpaired) electrons. The summed E-state index contributed by atoms with van der Waals surface area (Å²) >= 11 is 0. The Hall–Kier alpha value is -4.08. The number of rotatable bonds is 9. The number of aldehydes is 1. The second-order valence-electron chi connectivity index (χ2n) is 9.15. The molecule has 200 valence electrons. The maximum Gasteiger partial charge on any atom is 0.328 e. The van der Waals surface area contributed by atoms with Crippen LogP contribution >= 0.6 is 0 Å². The Morgan fingerprint density at radius 3 is 2.84 bits per heavy atom. The molecule has 0 bridgehead atoms. The van der Waals surface area contributed by atoms with Gasteiger partial charge in [-0.25, -0.2) is 14.8 Å². The van der Waals surface area contributed by atoms with E-state index in [1.54, 1.807) is 18.9 Å². The van der Waals surface area contributed by atoms with Crippen molar-refractivity contribution in [2.24, 2.45) is 0 Å². The van der Waals surface area contributed by atoms with E-state index < -0.39 is 12.1 Å². The molecule has 2 aromatic heterocycles. The first-order valence-corrected chi connectivity index (χ1v) is 12.3. The number of hydrogen-bond acceptors (Lipinski definition) is 9. The molecule has 2 atom stereocenters. The molecule has 3 amide bonds. The van der Waals surface area contributed by atoms with Gasteiger partial charge in [0, 0.05) is 51.9 Å². The van der Waals surface area contributed by atoms with E-state index in [9.17, 15) is 19.6 Å². The first-order chi connectivity index (χ1) is 18.4. The number of methoxy groups -OCH3 is 2. The van der Waals surface area contributed by atoms with Gasteiger partial charge in [-0.3, -0.25) is 19.8 Å². The lowest BCUT2D eigenvalue weighted by Gasteiger charge is -2.29. The standard InChI is InChI=1S/C26H30N6O6/c1-16(15-36-2)38-22-10-23(28-12-19(22)11-27)30-26(35)32-7-4-5-17-9-18(20(14-33)29-24(17)32)13-31-8-6-21(37-3)25(31)34/h9-10,12,14,16,21H,4-8,13,15H2,1-3H3,(H,28,30,35). The third kappa shape index (κ3) is 5.74. The van der Waals surface area contributed by atoms with Crippen LogP contribution in [0.5, 0.6) is 5.75 Å². The van der Waals surface area contributed by atoms with Gasteiger partial charge >= 0.3 is 6.03 Å². The third-order valence-corrected chi connectivity index (χ3v) is 6.48. The summed E-state index contributed by atoms with van der Waals surface area (Å²) in [5.74, 6) is 0.756. The van der Waals surface area contributed by atoms with Gasteiger partial charge in [0.2, 0.25) is 0 Å². The predicted molar refractivity (Wildman–Crippen MR) is 136 cm³/mol. The number of ether oxygens (including phenoxy) is 3. The van der Waals surface area contributed by atoms with Crippen LogP contribution in [0.2, 0.25) is 0 Å². The fourth-order valence-electron chi connectivity index (χ4n) is 4.63. The Morgan fingerprint density at radius 2 is 2.16 bits per heavy atom. The molecule has 0 spiro atoms. The topological polar surface area (TPSA) is 147 Å². The van der Waals surface area contributed by atoms with Crippen LogP contribution in [-0.2, 0) is 27.2 Å². The maximum atomic E-state index is 13.2. The minimum absolute atomic E-state index is 0.113. The molecule has 0 saturated carbocycles. The van der Waals surface area contributed by atoms with E-state index in [0.29, 0.717) is 56.6 Å². The fraction of sp³-hybridized carbons (Fsp3) is 0.462. The number of anilines is 2. The van der Waals surface area contributed by atoms with Crippen LogP contribution in [0, 0.1) is 11.3 Å². The Morgan fingerprint density at radius 1 is 1.34 bits per heavy atom. The van der Waals surface area contributed by atoms with E-state index in [1.165, 1.54) is 24.3 Å². The quantitative estimate of drug-likeness (QED) is 0.490. The van der Waals surface area contributed by atoms with Crippen molar-refractivity contribution >= 4 is 29.9 Å². The summed E-state index contributed by atoms with van der Waals surface area (Å²) in [4.78, 5) is 49.5. The second-order valence-corrected chi connectivity index (χ2v) is 9.15. The highest BCUT2D eigenvalue weighted by Crippen LogP contribution is 2.30. The lowest BCUT2D eigenvalue weighted by Crippen LogP contribution is -2.40. The predicted octanol–water partition coefficient (Wildman–Crippen LogP) is 2.31. The fourth-order valence-corrected chi connectivity index (χ4v) is 4.63. The van der Waals surface area contributed by atoms with E-state index in [1.807, 2.05) is 12.1 Å². The number of aryl methyl sites for hydroxylation is 1. The van der Waals surface area contributed by atoms with Crippen molar-refractivity contribution in [3.8, 4) is 11.8 Å². The maximum absolute atomic E-state index is 13.2. The van der Waals surface area contributed by atoms with Crippen LogP contribution in [0.3, 0.4) is 0 Å². The molecule has 2 aliphatic heterocycles. The van der Waals surface area contributed by atoms with Crippen LogP contribution in [-0.4, -0.2) is 79.2 Å². The van der Waals surface area contributed by atoms with Crippen molar-refractivity contribution in [2.45, 2.75) is 44.9 Å². The number of hydrogen-bond donors (Lipinski definition) is 1. The molecule has 2 aliphatic rings. The zero-order chi connectivity index (χ0) is 27.2. The molecule has 0 aromatic carbocycles. The number of nitrogens with zero attached hydrogens (tertiary/aromatic N) is 5. The van der Waals surface area contributed by atoms with Crippen LogP contribution < -0.4 is 15.0 Å². The summed E-state index contributed by atoms with van der Waals surface area (Å²) in [5, 5.41) is 12.1. The number of urea groups is 1. The van der Waals surface area contributed by atoms with Gasteiger partial charge in [0.1, 0.15) is 46.9 Å². The summed E-state index contributed by atoms with van der Waals surface area (Å²) in [7, 11) is 3.06. The summed E-state index contributed by atoms with van der Waals surface area (Å²) < 4.78 is 16.1. The van der Waals surface area contributed by atoms with E-state index in [-0.39, 0.29) is 41.4 Å². The first-order valence-electron chi connectivity index (χ1n) is 12.3. The Bertz CT molecular complexity index is 1260. The summed E-state index contributed by atoms with van der Waals surface area (Å²) in [6.45, 7) is 3.31. The smallest absolute Gasteiger partial charge is 0.328 e. The highest BCUT2D eigenvalue weighted by molar-refractivity contribution is 6.01. The van der Waals surface area contributed by atoms with Crippen LogP contribution in [0.25, 0.3) is 0 Å². The average molecular weight is 523 g/mol. The van der Waals surface area contributed by atoms with Gasteiger partial charge in [0.05, 0.1) is 12.8 Å². The van der Waals surface area contributed by atoms with Crippen molar-refractivity contribution in [1.82, 2.24) is 14.9 Å². The van der Waals surface area contributed by atoms with Crippen LogP contribution in [0.1, 0.15) is 46.9 Å². The Kier molecular flexibility index (Phi) is 8.50. The minimum Gasteiger partial charge on any atom is -0.487 e. The number of nitrogens with one attached hydrogen (secondary N) is 1. The van der Waals surface area contributed by atoms with Crippen molar-refractivity contribution in [1.29, 1.82) is 5.26 Å². The van der Waals surface area contributed by atoms with Gasteiger partial charge in [-0.05, 0) is 31.4 Å². The molecule has 1 N–H and O–H groups in total. The first kappa shape index (κ1) is 27.0. The highest BCUT2D eigenvalue weighted by Gasteiger charge is 2.33. The van der Waals surface area contributed by atoms with E-state index >= 15 is 0 Å². The van der Waals surface area contributed by atoms with Gasteiger partial charge in [0.25, 0.3) is 5.91 Å². The largest absolute Gasteiger partial charge is 0.487 e.